The molecule has 0 saturated carbocycles. The molecule has 1 fully saturated rings. The molecule has 0 aliphatic carbocycles. The summed E-state index contributed by atoms with van der Waals surface area (Å²) < 4.78 is 28.1. The Bertz CT molecular complexity index is 982. The number of Topliss-reactive ketones (excluding diaryl/α,β-unsaturated/α-hetero) is 1. The molecule has 1 saturated heterocycles. The highest BCUT2D eigenvalue weighted by Gasteiger charge is 2.32. The van der Waals surface area contributed by atoms with Crippen molar-refractivity contribution in [3.63, 3.8) is 0 Å². The molecule has 2 aromatic rings. The Morgan fingerprint density at radius 2 is 1.71 bits per heavy atom. The number of amides is 1. The number of anilines is 1. The van der Waals surface area contributed by atoms with Crippen molar-refractivity contribution in [1.82, 2.24) is 4.31 Å². The van der Waals surface area contributed by atoms with Crippen LogP contribution < -0.4 is 5.32 Å². The maximum Gasteiger partial charge on any atom is 0.243 e. The molecule has 0 unspecified atom stereocenters. The van der Waals surface area contributed by atoms with Gasteiger partial charge in [-0.25, -0.2) is 8.42 Å². The molecule has 1 N–H and O–H groups in total. The van der Waals surface area contributed by atoms with Crippen molar-refractivity contribution in [2.75, 3.05) is 18.4 Å². The summed E-state index contributed by atoms with van der Waals surface area (Å²) >= 11 is 3.35. The topological polar surface area (TPSA) is 83.6 Å². The molecule has 6 nitrogen and oxygen atoms in total. The molecule has 1 heterocycles. The van der Waals surface area contributed by atoms with Crippen LogP contribution in [0, 0.1) is 5.92 Å². The van der Waals surface area contributed by atoms with Gasteiger partial charge >= 0.3 is 0 Å². The van der Waals surface area contributed by atoms with Crippen molar-refractivity contribution < 1.29 is 18.0 Å². The Hall–Kier alpha value is -2.03. The molecule has 1 amide bonds. The Kier molecular flexibility index (Phi) is 6.32. The van der Waals surface area contributed by atoms with Crippen LogP contribution >= 0.6 is 15.9 Å². The Labute approximate surface area is 173 Å². The van der Waals surface area contributed by atoms with E-state index in [-0.39, 0.29) is 35.6 Å². The monoisotopic (exact) mass is 464 g/mol. The summed E-state index contributed by atoms with van der Waals surface area (Å²) in [5, 5.41) is 2.88. The zero-order chi connectivity index (χ0) is 20.3. The second kappa shape index (κ2) is 8.55. The maximum absolute atomic E-state index is 12.9. The average Bonchev–Trinajstić information content (AvgIpc) is 2.70. The number of sulfonamides is 1. The normalized spacial score (nSPS) is 15.9. The van der Waals surface area contributed by atoms with Gasteiger partial charge in [0.15, 0.2) is 5.78 Å². The van der Waals surface area contributed by atoms with Crippen molar-refractivity contribution in [3.8, 4) is 0 Å². The molecule has 3 rings (SSSR count). The third-order valence-electron chi connectivity index (χ3n) is 4.81. The SMILES string of the molecule is CC(=O)c1cccc(S(=O)(=O)N2CCC(C(=O)Nc3ccc(Br)cc3)CC2)c1. The van der Waals surface area contributed by atoms with Gasteiger partial charge in [-0.3, -0.25) is 9.59 Å². The molecule has 8 heteroatoms. The van der Waals surface area contributed by atoms with Gasteiger partial charge in [0, 0.05) is 34.7 Å². The van der Waals surface area contributed by atoms with E-state index < -0.39 is 10.0 Å². The quantitative estimate of drug-likeness (QED) is 0.683. The van der Waals surface area contributed by atoms with Crippen LogP contribution in [0.3, 0.4) is 0 Å². The zero-order valence-corrected chi connectivity index (χ0v) is 17.8. The van der Waals surface area contributed by atoms with Gasteiger partial charge in [0.1, 0.15) is 0 Å². The molecule has 0 spiro atoms. The van der Waals surface area contributed by atoms with Crippen molar-refractivity contribution in [3.05, 3.63) is 58.6 Å². The lowest BCUT2D eigenvalue weighted by molar-refractivity contribution is -0.120. The van der Waals surface area contributed by atoms with Crippen LogP contribution in [0.5, 0.6) is 0 Å². The van der Waals surface area contributed by atoms with Crippen LogP contribution in [0.2, 0.25) is 0 Å². The fourth-order valence-electron chi connectivity index (χ4n) is 3.16. The van der Waals surface area contributed by atoms with E-state index in [0.29, 0.717) is 24.1 Å². The first-order valence-corrected chi connectivity index (χ1v) is 11.2. The first kappa shape index (κ1) is 20.7. The summed E-state index contributed by atoms with van der Waals surface area (Å²) in [5.74, 6) is -0.517. The molecule has 0 atom stereocenters. The van der Waals surface area contributed by atoms with Crippen molar-refractivity contribution >= 4 is 43.3 Å². The van der Waals surface area contributed by atoms with E-state index in [1.54, 1.807) is 12.1 Å². The summed E-state index contributed by atoms with van der Waals surface area (Å²) in [6.07, 6.45) is 0.905. The van der Waals surface area contributed by atoms with Crippen LogP contribution in [0.25, 0.3) is 0 Å². The van der Waals surface area contributed by atoms with Crippen LogP contribution in [0.4, 0.5) is 5.69 Å². The minimum absolute atomic E-state index is 0.0991. The molecule has 28 heavy (non-hydrogen) atoms. The second-order valence-corrected chi connectivity index (χ2v) is 9.61. The van der Waals surface area contributed by atoms with Gasteiger partial charge in [-0.15, -0.1) is 0 Å². The zero-order valence-electron chi connectivity index (χ0n) is 15.4. The second-order valence-electron chi connectivity index (χ2n) is 6.76. The molecule has 0 aromatic heterocycles. The predicted octanol–water partition coefficient (Wildman–Crippen LogP) is 3.69. The minimum atomic E-state index is -3.69. The summed E-state index contributed by atoms with van der Waals surface area (Å²) in [6, 6.07) is 13.4. The Balaban J connectivity index is 1.64. The number of benzene rings is 2. The van der Waals surface area contributed by atoms with Gasteiger partial charge in [-0.1, -0.05) is 28.1 Å². The Morgan fingerprint density at radius 3 is 2.32 bits per heavy atom. The fraction of sp³-hybridized carbons (Fsp3) is 0.300. The van der Waals surface area contributed by atoms with Crippen molar-refractivity contribution in [2.24, 2.45) is 5.92 Å². The highest BCUT2D eigenvalue weighted by atomic mass is 79.9. The number of hydrogen-bond donors (Lipinski definition) is 1. The molecular weight excluding hydrogens is 444 g/mol. The summed E-state index contributed by atoms with van der Waals surface area (Å²) in [4.78, 5) is 24.1. The van der Waals surface area contributed by atoms with E-state index in [1.807, 2.05) is 24.3 Å². The molecule has 2 aromatic carbocycles. The number of hydrogen-bond acceptors (Lipinski definition) is 4. The van der Waals surface area contributed by atoms with Crippen LogP contribution in [-0.4, -0.2) is 37.5 Å². The first-order valence-electron chi connectivity index (χ1n) is 8.95. The largest absolute Gasteiger partial charge is 0.326 e. The number of piperidine rings is 1. The van der Waals surface area contributed by atoms with Gasteiger partial charge < -0.3 is 5.32 Å². The smallest absolute Gasteiger partial charge is 0.243 e. The highest BCUT2D eigenvalue weighted by Crippen LogP contribution is 2.25. The number of nitrogens with zero attached hydrogens (tertiary/aromatic N) is 1. The molecule has 0 radical (unpaired) electrons. The summed E-state index contributed by atoms with van der Waals surface area (Å²) in [6.45, 7) is 1.94. The van der Waals surface area contributed by atoms with Gasteiger partial charge in [-0.2, -0.15) is 4.31 Å². The maximum atomic E-state index is 12.9. The van der Waals surface area contributed by atoms with E-state index in [4.69, 9.17) is 0 Å². The van der Waals surface area contributed by atoms with Gasteiger partial charge in [0.2, 0.25) is 15.9 Å². The predicted molar refractivity (Wildman–Crippen MR) is 111 cm³/mol. The third-order valence-corrected chi connectivity index (χ3v) is 7.24. The molecule has 1 aliphatic rings. The molecule has 0 bridgehead atoms. The number of carbonyl (C=O) groups excluding carboxylic acids is 2. The Morgan fingerprint density at radius 1 is 1.07 bits per heavy atom. The van der Waals surface area contributed by atoms with E-state index in [2.05, 4.69) is 21.2 Å². The summed E-state index contributed by atoms with van der Waals surface area (Å²) in [7, 11) is -3.69. The average molecular weight is 465 g/mol. The number of rotatable bonds is 5. The number of nitrogens with one attached hydrogen (secondary N) is 1. The van der Waals surface area contributed by atoms with Gasteiger partial charge in [0.25, 0.3) is 0 Å². The lowest BCUT2D eigenvalue weighted by Gasteiger charge is -2.30. The molecule has 1 aliphatic heterocycles. The number of ketones is 1. The van der Waals surface area contributed by atoms with E-state index >= 15 is 0 Å². The van der Waals surface area contributed by atoms with E-state index in [0.717, 1.165) is 4.47 Å². The van der Waals surface area contributed by atoms with Crippen molar-refractivity contribution in [2.45, 2.75) is 24.7 Å². The van der Waals surface area contributed by atoms with E-state index in [9.17, 15) is 18.0 Å². The lowest BCUT2D eigenvalue weighted by Crippen LogP contribution is -2.41. The fourth-order valence-corrected chi connectivity index (χ4v) is 4.94. The van der Waals surface area contributed by atoms with Crippen LogP contribution in [0.15, 0.2) is 57.9 Å². The highest BCUT2D eigenvalue weighted by molar-refractivity contribution is 9.10. The molecular formula is C20H21BrN2O4S. The van der Waals surface area contributed by atoms with Gasteiger partial charge in [0.05, 0.1) is 4.90 Å². The van der Waals surface area contributed by atoms with E-state index in [1.165, 1.54) is 23.4 Å². The van der Waals surface area contributed by atoms with Crippen molar-refractivity contribution in [1.29, 1.82) is 0 Å². The van der Waals surface area contributed by atoms with Crippen LogP contribution in [-0.2, 0) is 14.8 Å². The lowest BCUT2D eigenvalue weighted by atomic mass is 9.97. The first-order chi connectivity index (χ1) is 13.3. The third kappa shape index (κ3) is 4.68. The standard InChI is InChI=1S/C20H21BrN2O4S/c1-14(24)16-3-2-4-19(13-16)28(26,27)23-11-9-15(10-12-23)20(25)22-18-7-5-17(21)6-8-18/h2-8,13,15H,9-12H2,1H3,(H,22,25). The van der Waals surface area contributed by atoms with Crippen LogP contribution in [0.1, 0.15) is 30.1 Å². The number of halogens is 1. The number of carbonyl (C=O) groups is 2. The van der Waals surface area contributed by atoms with Gasteiger partial charge in [-0.05, 0) is 56.2 Å². The minimum Gasteiger partial charge on any atom is -0.326 e. The molecule has 148 valence electrons. The summed E-state index contributed by atoms with van der Waals surface area (Å²) in [5.41, 5.74) is 1.08.